The SMILES string of the molecule is Cc1nnc2sc(C(=O)N3CCC4(CN(C(=O)OC(C)(C)C)C4)C3)c(N)c2c1C[n+]1nc(C)c(C[n+]2nc(C)c(C)c3c(N)c(C(=O)NC4CCN(c5ccccc5)C4)sc32)c2c(N)c(C(=O)NC3CCN(c4ccccc4)C3)sc21. The van der Waals surface area contributed by atoms with Crippen LogP contribution in [0.2, 0.25) is 0 Å². The molecule has 4 fully saturated rings. The molecule has 420 valence electrons. The van der Waals surface area contributed by atoms with E-state index in [4.69, 9.17) is 32.1 Å². The normalized spacial score (nSPS) is 18.0. The number of nitrogens with zero attached hydrogens (tertiary/aromatic N) is 10. The van der Waals surface area contributed by atoms with Crippen molar-refractivity contribution in [2.75, 3.05) is 79.4 Å². The summed E-state index contributed by atoms with van der Waals surface area (Å²) in [5.74, 6) is -0.697. The van der Waals surface area contributed by atoms with E-state index in [1.807, 2.05) is 99.1 Å². The number of benzene rings is 2. The summed E-state index contributed by atoms with van der Waals surface area (Å²) in [6.07, 6.45) is 1.98. The highest BCUT2D eigenvalue weighted by atomic mass is 32.1. The second-order valence-corrected chi connectivity index (χ2v) is 26.2. The first-order valence-corrected chi connectivity index (χ1v) is 29.9. The molecule has 23 heteroatoms. The number of ether oxygens (including phenoxy) is 1. The van der Waals surface area contributed by atoms with Gasteiger partial charge in [0.25, 0.3) is 27.4 Å². The Balaban J connectivity index is 0.877. The summed E-state index contributed by atoms with van der Waals surface area (Å²) in [4.78, 5) is 67.2. The molecule has 4 aliphatic heterocycles. The fraction of sp³-hybridized carbons (Fsp3) is 0.414. The maximum atomic E-state index is 14.7. The van der Waals surface area contributed by atoms with Gasteiger partial charge in [-0.05, 0) is 108 Å². The Morgan fingerprint density at radius 1 is 0.642 bits per heavy atom. The number of anilines is 5. The van der Waals surface area contributed by atoms with Gasteiger partial charge in [0.15, 0.2) is 0 Å². The Labute approximate surface area is 480 Å². The Bertz CT molecular complexity index is 3850. The van der Waals surface area contributed by atoms with Crippen LogP contribution in [0.4, 0.5) is 33.2 Å². The number of carbonyl (C=O) groups excluding carboxylic acids is 4. The monoisotopic (exact) mass is 1150 g/mol. The summed E-state index contributed by atoms with van der Waals surface area (Å²) in [6.45, 7) is 18.6. The van der Waals surface area contributed by atoms with Crippen molar-refractivity contribution in [1.82, 2.24) is 40.8 Å². The van der Waals surface area contributed by atoms with Crippen molar-refractivity contribution in [3.8, 4) is 0 Å². The lowest BCUT2D eigenvalue weighted by Gasteiger charge is -2.47. The molecule has 4 aliphatic rings. The van der Waals surface area contributed by atoms with Crippen molar-refractivity contribution in [2.45, 2.75) is 98.5 Å². The number of likely N-dealkylation sites (tertiary alicyclic amines) is 2. The number of nitrogens with one attached hydrogen (secondary N) is 2. The predicted molar refractivity (Wildman–Crippen MR) is 317 cm³/mol. The minimum atomic E-state index is -0.599. The molecular formula is C58H67N15O5S3+2. The Morgan fingerprint density at radius 2 is 1.15 bits per heavy atom. The summed E-state index contributed by atoms with van der Waals surface area (Å²) < 4.78 is 9.33. The van der Waals surface area contributed by atoms with Crippen LogP contribution in [0.25, 0.3) is 30.6 Å². The van der Waals surface area contributed by atoms with Crippen molar-refractivity contribution in [3.63, 3.8) is 0 Å². The smallest absolute Gasteiger partial charge is 0.410 e. The minimum absolute atomic E-state index is 0.0576. The molecule has 0 aliphatic carbocycles. The summed E-state index contributed by atoms with van der Waals surface area (Å²) in [7, 11) is 0. The van der Waals surface area contributed by atoms with Gasteiger partial charge in [0.1, 0.15) is 36.5 Å². The molecule has 8 aromatic rings. The molecular weight excluding hydrogens is 1080 g/mol. The molecule has 0 saturated carbocycles. The van der Waals surface area contributed by atoms with Gasteiger partial charge in [-0.1, -0.05) is 68.4 Å². The van der Waals surface area contributed by atoms with E-state index >= 15 is 0 Å². The van der Waals surface area contributed by atoms with Crippen LogP contribution in [0, 0.1) is 33.1 Å². The minimum Gasteiger partial charge on any atom is -0.444 e. The van der Waals surface area contributed by atoms with E-state index in [1.165, 1.54) is 34.0 Å². The molecule has 8 N–H and O–H groups in total. The number of nitrogen functional groups attached to an aromatic ring is 3. The molecule has 2 unspecified atom stereocenters. The number of fused-ring (bicyclic) bond motifs is 3. The number of aromatic nitrogens is 6. The molecule has 2 aromatic carbocycles. The van der Waals surface area contributed by atoms with Crippen LogP contribution in [0.1, 0.15) is 103 Å². The lowest BCUT2D eigenvalue weighted by molar-refractivity contribution is -0.725. The first-order chi connectivity index (χ1) is 38.7. The number of carbonyl (C=O) groups is 4. The molecule has 6 aromatic heterocycles. The first-order valence-electron chi connectivity index (χ1n) is 27.5. The van der Waals surface area contributed by atoms with Gasteiger partial charge < -0.3 is 52.2 Å². The Morgan fingerprint density at radius 3 is 1.72 bits per heavy atom. The number of nitrogens with two attached hydrogens (primary N) is 3. The molecule has 0 radical (unpaired) electrons. The van der Waals surface area contributed by atoms with Crippen molar-refractivity contribution < 1.29 is 33.3 Å². The molecule has 4 saturated heterocycles. The van der Waals surface area contributed by atoms with Crippen LogP contribution in [0.3, 0.4) is 0 Å². The van der Waals surface area contributed by atoms with E-state index in [2.05, 4.69) is 54.9 Å². The Hall–Kier alpha value is -7.76. The Kier molecular flexibility index (Phi) is 13.7. The van der Waals surface area contributed by atoms with Crippen LogP contribution in [-0.4, -0.2) is 124 Å². The highest BCUT2D eigenvalue weighted by molar-refractivity contribution is 7.21. The number of hydrogen-bond donors (Lipinski definition) is 5. The van der Waals surface area contributed by atoms with Crippen LogP contribution in [-0.2, 0) is 17.8 Å². The van der Waals surface area contributed by atoms with Gasteiger partial charge in [-0.25, -0.2) is 4.79 Å². The summed E-state index contributed by atoms with van der Waals surface area (Å²) in [5, 5.41) is 28.1. The first kappa shape index (κ1) is 53.9. The van der Waals surface area contributed by atoms with Gasteiger partial charge in [-0.3, -0.25) is 14.4 Å². The zero-order valence-electron chi connectivity index (χ0n) is 46.6. The van der Waals surface area contributed by atoms with Gasteiger partial charge >= 0.3 is 6.09 Å². The molecule has 81 heavy (non-hydrogen) atoms. The second kappa shape index (κ2) is 20.7. The lowest BCUT2D eigenvalue weighted by Crippen LogP contribution is -2.60. The van der Waals surface area contributed by atoms with E-state index in [1.54, 1.807) is 4.90 Å². The topological polar surface area (TPSA) is 252 Å². The van der Waals surface area contributed by atoms with Crippen LogP contribution in [0.5, 0.6) is 0 Å². The van der Waals surface area contributed by atoms with Crippen molar-refractivity contribution >= 4 is 117 Å². The van der Waals surface area contributed by atoms with E-state index in [-0.39, 0.29) is 54.4 Å². The number of hydrogen-bond acceptors (Lipinski definition) is 17. The molecule has 10 heterocycles. The number of thiophene rings is 3. The van der Waals surface area contributed by atoms with Crippen LogP contribution < -0.4 is 47.0 Å². The highest BCUT2D eigenvalue weighted by Gasteiger charge is 2.51. The molecule has 12 rings (SSSR count). The number of amides is 4. The molecule has 2 atom stereocenters. The second-order valence-electron chi connectivity index (χ2n) is 23.2. The largest absolute Gasteiger partial charge is 0.444 e. The lowest BCUT2D eigenvalue weighted by atomic mass is 9.79. The molecule has 0 bridgehead atoms. The molecule has 1 spiro atoms. The van der Waals surface area contributed by atoms with E-state index in [0.717, 1.165) is 76.3 Å². The number of para-hydroxylation sites is 2. The van der Waals surface area contributed by atoms with Crippen molar-refractivity contribution in [1.29, 1.82) is 0 Å². The predicted octanol–water partition coefficient (Wildman–Crippen LogP) is 6.66. The van der Waals surface area contributed by atoms with Crippen LogP contribution >= 0.6 is 34.0 Å². The number of aryl methyl sites for hydroxylation is 4. The zero-order valence-corrected chi connectivity index (χ0v) is 49.0. The average Bonchev–Trinajstić information content (AvgIpc) is 3.72. The molecule has 20 nitrogen and oxygen atoms in total. The zero-order chi connectivity index (χ0) is 56.8. The van der Waals surface area contributed by atoms with Gasteiger partial charge in [0.05, 0.1) is 44.7 Å². The fourth-order valence-corrected chi connectivity index (χ4v) is 15.4. The molecule has 4 amide bonds. The summed E-state index contributed by atoms with van der Waals surface area (Å²) in [6, 6.07) is 20.2. The van der Waals surface area contributed by atoms with Crippen LogP contribution in [0.15, 0.2) is 60.7 Å². The van der Waals surface area contributed by atoms with E-state index < -0.39 is 5.60 Å². The van der Waals surface area contributed by atoms with Gasteiger partial charge in [0.2, 0.25) is 13.1 Å². The van der Waals surface area contributed by atoms with Gasteiger partial charge in [-0.15, -0.1) is 16.4 Å². The quantitative estimate of drug-likeness (QED) is 0.0850. The van der Waals surface area contributed by atoms with Gasteiger partial charge in [0, 0.05) is 86.6 Å². The van der Waals surface area contributed by atoms with E-state index in [9.17, 15) is 19.2 Å². The summed E-state index contributed by atoms with van der Waals surface area (Å²) >= 11 is 3.79. The standard InChI is InChI=1S/C58H65N15O5S3/c1-31-32(2)66-72(54-41(31)44(59)47(80-54)50(74)62-35-18-21-68(24-35)37-14-10-8-11-15-37)27-40-34(4)67-73(55-43(40)46(61)48(81-55)51(75)63-36-19-22-69(25-36)38-16-12-9-13-17-38)26-39-33(3)64-65-52-42(39)45(60)49(79-52)53(76)70-23-20-58(28-70)29-71(30-58)56(77)78-57(5,6)7/h8-17,35-36H,18-30H2,1-7H3,(H6-2,59,60,61,62,63,74,75,76)/p+2. The third-order valence-corrected chi connectivity index (χ3v) is 19.9. The maximum Gasteiger partial charge on any atom is 0.410 e. The maximum absolute atomic E-state index is 14.7. The summed E-state index contributed by atoms with van der Waals surface area (Å²) in [5.41, 5.74) is 28.1. The highest BCUT2D eigenvalue weighted by Crippen LogP contribution is 2.44. The van der Waals surface area contributed by atoms with Crippen molar-refractivity contribution in [2.24, 2.45) is 5.41 Å². The average molecular weight is 1150 g/mol. The van der Waals surface area contributed by atoms with E-state index in [0.29, 0.717) is 103 Å². The van der Waals surface area contributed by atoms with Gasteiger partial charge in [-0.2, -0.15) is 5.10 Å². The third kappa shape index (κ3) is 9.95. The van der Waals surface area contributed by atoms with Crippen molar-refractivity contribution in [3.05, 3.63) is 109 Å². The third-order valence-electron chi connectivity index (χ3n) is 16.4. The number of rotatable bonds is 11. The fourth-order valence-electron chi connectivity index (χ4n) is 12.1.